The minimum atomic E-state index is -0.192. The number of benzene rings is 1. The van der Waals surface area contributed by atoms with E-state index in [0.717, 1.165) is 24.2 Å². The average Bonchev–Trinajstić information content (AvgIpc) is 3.09. The zero-order valence-corrected chi connectivity index (χ0v) is 14.9. The first-order chi connectivity index (χ1) is 13.2. The smallest absolute Gasteiger partial charge is 0.339 e. The van der Waals surface area contributed by atoms with Crippen molar-refractivity contribution in [2.24, 2.45) is 0 Å². The molecule has 0 bridgehead atoms. The molecule has 4 rings (SSSR count). The second kappa shape index (κ2) is 7.57. The number of rotatable bonds is 4. The second-order valence-electron chi connectivity index (χ2n) is 6.77. The number of pyridine rings is 1. The van der Waals surface area contributed by atoms with Crippen LogP contribution in [0.25, 0.3) is 0 Å². The number of carbonyl (C=O) groups excluding carboxylic acids is 1. The lowest BCUT2D eigenvalue weighted by atomic mass is 9.95. The fourth-order valence-corrected chi connectivity index (χ4v) is 3.57. The van der Waals surface area contributed by atoms with E-state index in [1.165, 1.54) is 0 Å². The molecule has 0 atom stereocenters. The van der Waals surface area contributed by atoms with Crippen LogP contribution in [-0.2, 0) is 6.54 Å². The Morgan fingerprint density at radius 1 is 1.11 bits per heavy atom. The number of hydrogen-bond donors (Lipinski definition) is 1. The highest BCUT2D eigenvalue weighted by atomic mass is 16.2. The van der Waals surface area contributed by atoms with Crippen LogP contribution in [0.5, 0.6) is 0 Å². The third-order valence-corrected chi connectivity index (χ3v) is 5.03. The summed E-state index contributed by atoms with van der Waals surface area (Å²) in [6.45, 7) is 1.79. The van der Waals surface area contributed by atoms with Gasteiger partial charge in [0.15, 0.2) is 0 Å². The van der Waals surface area contributed by atoms with Crippen LogP contribution in [0.2, 0.25) is 0 Å². The van der Waals surface area contributed by atoms with Gasteiger partial charge in [-0.2, -0.15) is 5.10 Å². The topological polar surface area (TPSA) is 83.9 Å². The predicted molar refractivity (Wildman–Crippen MR) is 101 cm³/mol. The Bertz CT molecular complexity index is 957. The number of carbonyl (C=O) groups is 1. The van der Waals surface area contributed by atoms with Crippen LogP contribution in [0.3, 0.4) is 0 Å². The molecule has 27 heavy (non-hydrogen) atoms. The molecule has 0 saturated carbocycles. The van der Waals surface area contributed by atoms with Crippen molar-refractivity contribution in [3.8, 4) is 0 Å². The fourth-order valence-electron chi connectivity index (χ4n) is 3.57. The molecule has 0 aliphatic carbocycles. The lowest BCUT2D eigenvalue weighted by Crippen LogP contribution is -2.38. The quantitative estimate of drug-likeness (QED) is 0.769. The summed E-state index contributed by atoms with van der Waals surface area (Å²) in [5, 5.41) is 6.86. The standard InChI is InChI=1S/C20H21N5O2/c26-19(17-7-4-10-21-13-17)24-11-8-16(9-12-24)18-22-23-20(27)25(18)14-15-5-2-1-3-6-15/h1-7,10,13,16H,8-9,11-12,14H2,(H,23,27). The molecule has 7 heteroatoms. The van der Waals surface area contributed by atoms with Gasteiger partial charge in [0.2, 0.25) is 0 Å². The van der Waals surface area contributed by atoms with E-state index in [0.29, 0.717) is 25.2 Å². The van der Waals surface area contributed by atoms with Crippen LogP contribution in [0.1, 0.15) is 40.5 Å². The summed E-state index contributed by atoms with van der Waals surface area (Å²) < 4.78 is 1.71. The van der Waals surface area contributed by atoms with E-state index in [4.69, 9.17) is 0 Å². The number of aromatic amines is 1. The van der Waals surface area contributed by atoms with E-state index in [1.54, 1.807) is 29.1 Å². The highest BCUT2D eigenvalue weighted by Crippen LogP contribution is 2.27. The molecule has 1 fully saturated rings. The van der Waals surface area contributed by atoms with Crippen molar-refractivity contribution in [2.45, 2.75) is 25.3 Å². The van der Waals surface area contributed by atoms with Crippen LogP contribution >= 0.6 is 0 Å². The van der Waals surface area contributed by atoms with E-state index in [2.05, 4.69) is 15.2 Å². The van der Waals surface area contributed by atoms with Gasteiger partial charge in [-0.15, -0.1) is 0 Å². The van der Waals surface area contributed by atoms with Crippen molar-refractivity contribution in [2.75, 3.05) is 13.1 Å². The second-order valence-corrected chi connectivity index (χ2v) is 6.77. The average molecular weight is 363 g/mol. The molecule has 2 aromatic heterocycles. The highest BCUT2D eigenvalue weighted by molar-refractivity contribution is 5.93. The highest BCUT2D eigenvalue weighted by Gasteiger charge is 2.28. The maximum atomic E-state index is 12.6. The largest absolute Gasteiger partial charge is 0.343 e. The van der Waals surface area contributed by atoms with Crippen molar-refractivity contribution < 1.29 is 4.79 Å². The summed E-state index contributed by atoms with van der Waals surface area (Å²) in [7, 11) is 0. The summed E-state index contributed by atoms with van der Waals surface area (Å²) >= 11 is 0. The molecule has 1 amide bonds. The summed E-state index contributed by atoms with van der Waals surface area (Å²) in [5.74, 6) is 0.938. The zero-order chi connectivity index (χ0) is 18.6. The molecule has 1 aliphatic rings. The molecule has 1 aromatic carbocycles. The van der Waals surface area contributed by atoms with Gasteiger partial charge < -0.3 is 4.90 Å². The van der Waals surface area contributed by atoms with Crippen molar-refractivity contribution in [3.63, 3.8) is 0 Å². The number of H-pyrrole nitrogens is 1. The first-order valence-electron chi connectivity index (χ1n) is 9.10. The normalized spacial score (nSPS) is 15.0. The lowest BCUT2D eigenvalue weighted by Gasteiger charge is -2.31. The zero-order valence-electron chi connectivity index (χ0n) is 14.9. The van der Waals surface area contributed by atoms with E-state index in [-0.39, 0.29) is 17.5 Å². The first-order valence-corrected chi connectivity index (χ1v) is 9.10. The molecule has 3 heterocycles. The number of likely N-dealkylation sites (tertiary alicyclic amines) is 1. The maximum Gasteiger partial charge on any atom is 0.343 e. The minimum absolute atomic E-state index is 0.00486. The van der Waals surface area contributed by atoms with Gasteiger partial charge in [-0.25, -0.2) is 9.89 Å². The van der Waals surface area contributed by atoms with Gasteiger partial charge in [-0.1, -0.05) is 30.3 Å². The number of hydrogen-bond acceptors (Lipinski definition) is 4. The lowest BCUT2D eigenvalue weighted by molar-refractivity contribution is 0.0710. The molecule has 138 valence electrons. The van der Waals surface area contributed by atoms with Gasteiger partial charge in [-0.05, 0) is 30.5 Å². The number of amides is 1. The van der Waals surface area contributed by atoms with Crippen LogP contribution in [-0.4, -0.2) is 43.6 Å². The third kappa shape index (κ3) is 3.67. The van der Waals surface area contributed by atoms with Gasteiger partial charge in [0, 0.05) is 31.4 Å². The molecule has 0 spiro atoms. The Labute approximate surface area is 156 Å². The SMILES string of the molecule is O=C(c1cccnc1)N1CCC(c2n[nH]c(=O)n2Cc2ccccc2)CC1. The van der Waals surface area contributed by atoms with Crippen LogP contribution in [0.15, 0.2) is 59.7 Å². The Morgan fingerprint density at radius 3 is 2.59 bits per heavy atom. The first kappa shape index (κ1) is 17.2. The van der Waals surface area contributed by atoms with Crippen LogP contribution < -0.4 is 5.69 Å². The summed E-state index contributed by atoms with van der Waals surface area (Å²) in [5.41, 5.74) is 1.48. The molecule has 1 N–H and O–H groups in total. The van der Waals surface area contributed by atoms with Crippen molar-refractivity contribution >= 4 is 5.91 Å². The number of aromatic nitrogens is 4. The van der Waals surface area contributed by atoms with E-state index < -0.39 is 0 Å². The van der Waals surface area contributed by atoms with E-state index in [9.17, 15) is 9.59 Å². The minimum Gasteiger partial charge on any atom is -0.339 e. The van der Waals surface area contributed by atoms with Crippen LogP contribution in [0, 0.1) is 0 Å². The Hall–Kier alpha value is -3.22. The van der Waals surface area contributed by atoms with Gasteiger partial charge >= 0.3 is 5.69 Å². The number of nitrogens with one attached hydrogen (secondary N) is 1. The fraction of sp³-hybridized carbons (Fsp3) is 0.300. The molecular formula is C20H21N5O2. The van der Waals surface area contributed by atoms with Crippen LogP contribution in [0.4, 0.5) is 0 Å². The molecule has 7 nitrogen and oxygen atoms in total. The van der Waals surface area contributed by atoms with E-state index >= 15 is 0 Å². The Kier molecular flexibility index (Phi) is 4.82. The Morgan fingerprint density at radius 2 is 1.89 bits per heavy atom. The molecular weight excluding hydrogens is 342 g/mol. The monoisotopic (exact) mass is 363 g/mol. The van der Waals surface area contributed by atoms with Gasteiger partial charge in [0.25, 0.3) is 5.91 Å². The third-order valence-electron chi connectivity index (χ3n) is 5.03. The van der Waals surface area contributed by atoms with Gasteiger partial charge in [0.1, 0.15) is 5.82 Å². The Balaban J connectivity index is 1.46. The predicted octanol–water partition coefficient (Wildman–Crippen LogP) is 2.03. The number of nitrogens with zero attached hydrogens (tertiary/aromatic N) is 4. The number of piperidine rings is 1. The van der Waals surface area contributed by atoms with Crippen molar-refractivity contribution in [1.82, 2.24) is 24.6 Å². The molecule has 3 aromatic rings. The van der Waals surface area contributed by atoms with Crippen molar-refractivity contribution in [3.05, 3.63) is 82.3 Å². The van der Waals surface area contributed by atoms with Gasteiger partial charge in [-0.3, -0.25) is 14.3 Å². The summed E-state index contributed by atoms with van der Waals surface area (Å²) in [6, 6.07) is 13.4. The molecule has 1 saturated heterocycles. The summed E-state index contributed by atoms with van der Waals surface area (Å²) in [4.78, 5) is 30.6. The van der Waals surface area contributed by atoms with E-state index in [1.807, 2.05) is 35.2 Å². The molecule has 0 unspecified atom stereocenters. The maximum absolute atomic E-state index is 12.6. The molecule has 0 radical (unpaired) electrons. The molecule has 1 aliphatic heterocycles. The van der Waals surface area contributed by atoms with Gasteiger partial charge in [0.05, 0.1) is 12.1 Å². The summed E-state index contributed by atoms with van der Waals surface area (Å²) in [6.07, 6.45) is 4.82. The van der Waals surface area contributed by atoms with Crippen molar-refractivity contribution in [1.29, 1.82) is 0 Å².